The number of nitrogens with two attached hydrogens (primary N) is 1. The Balaban J connectivity index is 1.95. The van der Waals surface area contributed by atoms with Crippen LogP contribution in [-0.2, 0) is 12.8 Å². The summed E-state index contributed by atoms with van der Waals surface area (Å²) < 4.78 is 0. The first-order valence-corrected chi connectivity index (χ1v) is 6.75. The Kier molecular flexibility index (Phi) is 3.13. The number of rotatable bonds is 3. The van der Waals surface area contributed by atoms with Crippen molar-refractivity contribution in [3.05, 3.63) is 71.3 Å². The summed E-state index contributed by atoms with van der Waals surface area (Å²) in [4.78, 5) is 0. The lowest BCUT2D eigenvalue weighted by atomic mass is 9.76. The number of aliphatic hydroxyl groups is 1. The molecule has 1 aliphatic rings. The van der Waals surface area contributed by atoms with Crippen molar-refractivity contribution < 1.29 is 5.11 Å². The first kappa shape index (κ1) is 12.4. The molecule has 0 heterocycles. The maximum Gasteiger partial charge on any atom is 0.0864 e. The second-order valence-corrected chi connectivity index (χ2v) is 5.50. The molecule has 1 unspecified atom stereocenters. The van der Waals surface area contributed by atoms with Crippen molar-refractivity contribution >= 4 is 0 Å². The Labute approximate surface area is 113 Å². The van der Waals surface area contributed by atoms with Gasteiger partial charge >= 0.3 is 0 Å². The molecule has 3 rings (SSSR count). The Morgan fingerprint density at radius 3 is 2.00 bits per heavy atom. The van der Waals surface area contributed by atoms with Crippen molar-refractivity contribution in [2.75, 3.05) is 6.54 Å². The average molecular weight is 253 g/mol. The van der Waals surface area contributed by atoms with Crippen LogP contribution in [0.4, 0.5) is 0 Å². The molecular weight excluding hydrogens is 234 g/mol. The summed E-state index contributed by atoms with van der Waals surface area (Å²) in [5.41, 5.74) is 9.37. The van der Waals surface area contributed by atoms with Crippen LogP contribution in [0.15, 0.2) is 54.6 Å². The van der Waals surface area contributed by atoms with Gasteiger partial charge in [-0.1, -0.05) is 54.6 Å². The molecule has 2 heteroatoms. The largest absolute Gasteiger partial charge is 0.388 e. The molecule has 2 aromatic rings. The minimum atomic E-state index is -0.508. The molecule has 0 aromatic heterocycles. The molecule has 2 nitrogen and oxygen atoms in total. The molecule has 0 saturated heterocycles. The fourth-order valence-electron chi connectivity index (χ4n) is 3.16. The van der Waals surface area contributed by atoms with Gasteiger partial charge in [0.1, 0.15) is 0 Å². The van der Waals surface area contributed by atoms with Crippen molar-refractivity contribution in [2.24, 2.45) is 11.1 Å². The molecule has 1 aliphatic carbocycles. The van der Waals surface area contributed by atoms with Gasteiger partial charge in [-0.05, 0) is 29.5 Å². The second-order valence-electron chi connectivity index (χ2n) is 5.50. The maximum absolute atomic E-state index is 10.8. The summed E-state index contributed by atoms with van der Waals surface area (Å²) in [5, 5.41) is 10.8. The highest BCUT2D eigenvalue weighted by Crippen LogP contribution is 2.45. The molecule has 19 heavy (non-hydrogen) atoms. The molecule has 0 bridgehead atoms. The van der Waals surface area contributed by atoms with Crippen LogP contribution in [0.25, 0.3) is 0 Å². The van der Waals surface area contributed by atoms with E-state index in [-0.39, 0.29) is 5.41 Å². The van der Waals surface area contributed by atoms with Crippen molar-refractivity contribution in [3.8, 4) is 0 Å². The predicted molar refractivity (Wildman–Crippen MR) is 76.7 cm³/mol. The van der Waals surface area contributed by atoms with E-state index in [0.29, 0.717) is 6.54 Å². The first-order valence-electron chi connectivity index (χ1n) is 6.75. The summed E-state index contributed by atoms with van der Waals surface area (Å²) in [6.45, 7) is 0.498. The molecule has 0 saturated carbocycles. The van der Waals surface area contributed by atoms with Crippen LogP contribution in [0, 0.1) is 5.41 Å². The monoisotopic (exact) mass is 253 g/mol. The summed E-state index contributed by atoms with van der Waals surface area (Å²) in [6.07, 6.45) is 1.21. The van der Waals surface area contributed by atoms with Crippen molar-refractivity contribution in [2.45, 2.75) is 18.9 Å². The fraction of sp³-hybridized carbons (Fsp3) is 0.294. The SMILES string of the molecule is NCC1(C(O)c2ccccc2)Cc2ccccc2C1. The van der Waals surface area contributed by atoms with Gasteiger partial charge in [-0.15, -0.1) is 0 Å². The molecular formula is C17H19NO. The third-order valence-corrected chi connectivity index (χ3v) is 4.31. The van der Waals surface area contributed by atoms with Crippen molar-refractivity contribution in [3.63, 3.8) is 0 Å². The normalized spacial score (nSPS) is 18.0. The number of fused-ring (bicyclic) bond motifs is 1. The lowest BCUT2D eigenvalue weighted by Gasteiger charge is -2.33. The van der Waals surface area contributed by atoms with Crippen LogP contribution < -0.4 is 5.73 Å². The van der Waals surface area contributed by atoms with E-state index >= 15 is 0 Å². The van der Waals surface area contributed by atoms with E-state index in [1.807, 2.05) is 30.3 Å². The highest BCUT2D eigenvalue weighted by Gasteiger charge is 2.42. The van der Waals surface area contributed by atoms with Crippen LogP contribution in [0.3, 0.4) is 0 Å². The highest BCUT2D eigenvalue weighted by atomic mass is 16.3. The zero-order valence-corrected chi connectivity index (χ0v) is 10.9. The highest BCUT2D eigenvalue weighted by molar-refractivity contribution is 5.36. The van der Waals surface area contributed by atoms with Gasteiger partial charge in [0.05, 0.1) is 6.10 Å². The quantitative estimate of drug-likeness (QED) is 0.882. The van der Waals surface area contributed by atoms with Crippen molar-refractivity contribution in [1.29, 1.82) is 0 Å². The summed E-state index contributed by atoms with van der Waals surface area (Å²) in [7, 11) is 0. The minimum Gasteiger partial charge on any atom is -0.388 e. The van der Waals surface area contributed by atoms with Crippen molar-refractivity contribution in [1.82, 2.24) is 0 Å². The van der Waals surface area contributed by atoms with Crippen LogP contribution in [-0.4, -0.2) is 11.7 Å². The molecule has 0 amide bonds. The van der Waals surface area contributed by atoms with Gasteiger partial charge in [0.15, 0.2) is 0 Å². The molecule has 1 atom stereocenters. The molecule has 2 aromatic carbocycles. The van der Waals surface area contributed by atoms with E-state index in [1.165, 1.54) is 11.1 Å². The topological polar surface area (TPSA) is 46.2 Å². The van der Waals surface area contributed by atoms with E-state index in [9.17, 15) is 5.11 Å². The van der Waals surface area contributed by atoms with E-state index < -0.39 is 6.10 Å². The third kappa shape index (κ3) is 2.07. The first-order chi connectivity index (χ1) is 9.25. The summed E-state index contributed by atoms with van der Waals surface area (Å²) >= 11 is 0. The van der Waals surface area contributed by atoms with Crippen LogP contribution in [0.1, 0.15) is 22.8 Å². The zero-order chi connectivity index (χ0) is 13.3. The smallest absolute Gasteiger partial charge is 0.0864 e. The molecule has 98 valence electrons. The molecule has 0 radical (unpaired) electrons. The Bertz CT molecular complexity index is 539. The lowest BCUT2D eigenvalue weighted by Crippen LogP contribution is -2.37. The summed E-state index contributed by atoms with van der Waals surface area (Å²) in [5.74, 6) is 0. The fourth-order valence-corrected chi connectivity index (χ4v) is 3.16. The number of hydrogen-bond donors (Lipinski definition) is 2. The van der Waals surface area contributed by atoms with Crippen LogP contribution >= 0.6 is 0 Å². The van der Waals surface area contributed by atoms with Gasteiger partial charge in [-0.25, -0.2) is 0 Å². The van der Waals surface area contributed by atoms with Gasteiger partial charge in [0, 0.05) is 12.0 Å². The van der Waals surface area contributed by atoms with Gasteiger partial charge in [0.2, 0.25) is 0 Å². The average Bonchev–Trinajstić information content (AvgIpc) is 2.87. The molecule has 3 N–H and O–H groups in total. The van der Waals surface area contributed by atoms with Crippen LogP contribution in [0.5, 0.6) is 0 Å². The van der Waals surface area contributed by atoms with Gasteiger partial charge in [0.25, 0.3) is 0 Å². The number of benzene rings is 2. The second kappa shape index (κ2) is 4.80. The third-order valence-electron chi connectivity index (χ3n) is 4.31. The standard InChI is InChI=1S/C17H19NO/c18-12-17(16(19)13-6-2-1-3-7-13)10-14-8-4-5-9-15(14)11-17/h1-9,16,19H,10-12,18H2. The predicted octanol–water partition coefficient (Wildman–Crippen LogP) is 2.46. The number of aliphatic hydroxyl groups excluding tert-OH is 1. The Hall–Kier alpha value is -1.64. The maximum atomic E-state index is 10.8. The minimum absolute atomic E-state index is 0.259. The van der Waals surface area contributed by atoms with Crippen LogP contribution in [0.2, 0.25) is 0 Å². The Morgan fingerprint density at radius 1 is 0.947 bits per heavy atom. The molecule has 0 aliphatic heterocycles. The van der Waals surface area contributed by atoms with E-state index in [0.717, 1.165) is 18.4 Å². The summed E-state index contributed by atoms with van der Waals surface area (Å²) in [6, 6.07) is 18.2. The lowest BCUT2D eigenvalue weighted by molar-refractivity contribution is 0.0358. The van der Waals surface area contributed by atoms with Gasteiger partial charge in [-0.2, -0.15) is 0 Å². The van der Waals surface area contributed by atoms with E-state index in [1.54, 1.807) is 0 Å². The Morgan fingerprint density at radius 2 is 1.47 bits per heavy atom. The van der Waals surface area contributed by atoms with E-state index in [2.05, 4.69) is 24.3 Å². The number of hydrogen-bond acceptors (Lipinski definition) is 2. The van der Waals surface area contributed by atoms with Gasteiger partial charge < -0.3 is 10.8 Å². The molecule has 0 spiro atoms. The van der Waals surface area contributed by atoms with Gasteiger partial charge in [-0.3, -0.25) is 0 Å². The zero-order valence-electron chi connectivity index (χ0n) is 10.9. The van der Waals surface area contributed by atoms with E-state index in [4.69, 9.17) is 5.73 Å². The molecule has 0 fully saturated rings.